The summed E-state index contributed by atoms with van der Waals surface area (Å²) in [5.74, 6) is -0.432. The van der Waals surface area contributed by atoms with Crippen molar-refractivity contribution in [3.05, 3.63) is 47.8 Å². The molecule has 0 fully saturated rings. The van der Waals surface area contributed by atoms with Gasteiger partial charge < -0.3 is 10.3 Å². The van der Waals surface area contributed by atoms with Crippen molar-refractivity contribution in [1.82, 2.24) is 9.97 Å². The summed E-state index contributed by atoms with van der Waals surface area (Å²) in [7, 11) is 0. The van der Waals surface area contributed by atoms with E-state index in [0.717, 1.165) is 5.69 Å². The smallest absolute Gasteiger partial charge is 0.147 e. The van der Waals surface area contributed by atoms with Gasteiger partial charge >= 0.3 is 0 Å². The molecule has 0 saturated heterocycles. The summed E-state index contributed by atoms with van der Waals surface area (Å²) in [6.07, 6.45) is 3.22. The van der Waals surface area contributed by atoms with Crippen LogP contribution in [-0.2, 0) is 6.54 Å². The first-order chi connectivity index (χ1) is 7.79. The fourth-order valence-electron chi connectivity index (χ4n) is 1.30. The lowest BCUT2D eigenvalue weighted by atomic mass is 10.2. The van der Waals surface area contributed by atoms with Crippen LogP contribution < -0.4 is 5.32 Å². The second kappa shape index (κ2) is 4.45. The van der Waals surface area contributed by atoms with E-state index >= 15 is 0 Å². The fraction of sp³-hybridized carbons (Fsp3) is 0.0909. The second-order valence-corrected chi connectivity index (χ2v) is 3.24. The molecule has 0 aliphatic rings. The van der Waals surface area contributed by atoms with Crippen molar-refractivity contribution in [3.63, 3.8) is 0 Å². The van der Waals surface area contributed by atoms with Crippen molar-refractivity contribution in [2.24, 2.45) is 0 Å². The number of imidazole rings is 1. The molecule has 5 heteroatoms. The van der Waals surface area contributed by atoms with E-state index in [1.807, 2.05) is 6.07 Å². The Morgan fingerprint density at radius 1 is 1.50 bits per heavy atom. The number of hydrogen-bond donors (Lipinski definition) is 2. The summed E-state index contributed by atoms with van der Waals surface area (Å²) in [5, 5.41) is 11.5. The third-order valence-electron chi connectivity index (χ3n) is 2.12. The van der Waals surface area contributed by atoms with Gasteiger partial charge in [-0.3, -0.25) is 0 Å². The van der Waals surface area contributed by atoms with E-state index in [2.05, 4.69) is 15.3 Å². The van der Waals surface area contributed by atoms with Crippen LogP contribution in [0.1, 0.15) is 11.3 Å². The lowest BCUT2D eigenvalue weighted by Crippen LogP contribution is -2.01. The number of nitrogens with zero attached hydrogens (tertiary/aromatic N) is 2. The molecule has 0 radical (unpaired) electrons. The van der Waals surface area contributed by atoms with Crippen LogP contribution >= 0.6 is 0 Å². The molecule has 0 spiro atoms. The van der Waals surface area contributed by atoms with Gasteiger partial charge in [0.05, 0.1) is 35.9 Å². The van der Waals surface area contributed by atoms with Gasteiger partial charge in [0.2, 0.25) is 0 Å². The number of H-pyrrole nitrogens is 1. The Hall–Kier alpha value is -2.35. The first-order valence-electron chi connectivity index (χ1n) is 4.70. The minimum atomic E-state index is -0.432. The van der Waals surface area contributed by atoms with Gasteiger partial charge in [-0.1, -0.05) is 0 Å². The number of rotatable bonds is 3. The minimum absolute atomic E-state index is 0.310. The standard InChI is InChI=1S/C11H9FN4/c12-10-3-8(4-13)1-2-11(10)15-6-9-5-14-7-16-9/h1-3,5,7,15H,6H2,(H,14,16). The quantitative estimate of drug-likeness (QED) is 0.825. The molecule has 0 aliphatic carbocycles. The zero-order valence-corrected chi connectivity index (χ0v) is 8.37. The summed E-state index contributed by atoms with van der Waals surface area (Å²) >= 11 is 0. The molecule has 16 heavy (non-hydrogen) atoms. The largest absolute Gasteiger partial charge is 0.377 e. The summed E-state index contributed by atoms with van der Waals surface area (Å²) < 4.78 is 13.4. The Balaban J connectivity index is 2.08. The number of nitriles is 1. The highest BCUT2D eigenvalue weighted by molar-refractivity contribution is 5.48. The SMILES string of the molecule is N#Cc1ccc(NCc2cnc[nH]2)c(F)c1. The van der Waals surface area contributed by atoms with Crippen molar-refractivity contribution in [1.29, 1.82) is 5.26 Å². The molecule has 0 aliphatic heterocycles. The maximum Gasteiger partial charge on any atom is 0.147 e. The zero-order chi connectivity index (χ0) is 11.4. The first-order valence-corrected chi connectivity index (χ1v) is 4.70. The van der Waals surface area contributed by atoms with Gasteiger partial charge in [0, 0.05) is 6.20 Å². The van der Waals surface area contributed by atoms with Gasteiger partial charge in [0.1, 0.15) is 5.82 Å². The third-order valence-corrected chi connectivity index (χ3v) is 2.12. The topological polar surface area (TPSA) is 64.5 Å². The van der Waals surface area contributed by atoms with Crippen LogP contribution in [0.2, 0.25) is 0 Å². The number of benzene rings is 1. The van der Waals surface area contributed by atoms with Gasteiger partial charge in [-0.2, -0.15) is 5.26 Å². The maximum absolute atomic E-state index is 13.4. The van der Waals surface area contributed by atoms with E-state index < -0.39 is 5.82 Å². The van der Waals surface area contributed by atoms with Crippen LogP contribution in [0.15, 0.2) is 30.7 Å². The average molecular weight is 216 g/mol. The van der Waals surface area contributed by atoms with E-state index in [1.54, 1.807) is 24.7 Å². The van der Waals surface area contributed by atoms with Crippen molar-refractivity contribution in [2.45, 2.75) is 6.54 Å². The summed E-state index contributed by atoms with van der Waals surface area (Å²) in [6, 6.07) is 6.20. The molecule has 0 bridgehead atoms. The highest BCUT2D eigenvalue weighted by Crippen LogP contribution is 2.15. The molecule has 0 atom stereocenters. The van der Waals surface area contributed by atoms with Gasteiger partial charge in [-0.15, -0.1) is 0 Å². The van der Waals surface area contributed by atoms with Crippen molar-refractivity contribution < 1.29 is 4.39 Å². The van der Waals surface area contributed by atoms with Crippen LogP contribution in [0.5, 0.6) is 0 Å². The normalized spacial score (nSPS) is 9.75. The minimum Gasteiger partial charge on any atom is -0.377 e. The van der Waals surface area contributed by atoms with E-state index in [1.165, 1.54) is 6.07 Å². The molecule has 1 aromatic heterocycles. The summed E-state index contributed by atoms with van der Waals surface area (Å²) in [6.45, 7) is 0.461. The molecule has 4 nitrogen and oxygen atoms in total. The lowest BCUT2D eigenvalue weighted by Gasteiger charge is -2.05. The van der Waals surface area contributed by atoms with Crippen LogP contribution in [0.25, 0.3) is 0 Å². The molecule has 0 saturated carbocycles. The number of anilines is 1. The van der Waals surface area contributed by atoms with Crippen LogP contribution in [-0.4, -0.2) is 9.97 Å². The maximum atomic E-state index is 13.4. The number of aromatic nitrogens is 2. The number of aromatic amines is 1. The summed E-state index contributed by atoms with van der Waals surface area (Å²) in [4.78, 5) is 6.75. The Kier molecular flexibility index (Phi) is 2.83. The Bertz CT molecular complexity index is 513. The second-order valence-electron chi connectivity index (χ2n) is 3.24. The molecule has 80 valence electrons. The molecule has 0 unspecified atom stereocenters. The van der Waals surface area contributed by atoms with Crippen LogP contribution in [0, 0.1) is 17.1 Å². The van der Waals surface area contributed by atoms with E-state index in [0.29, 0.717) is 17.8 Å². The molecule has 2 N–H and O–H groups in total. The number of nitrogens with one attached hydrogen (secondary N) is 2. The highest BCUT2D eigenvalue weighted by Gasteiger charge is 2.03. The van der Waals surface area contributed by atoms with Crippen molar-refractivity contribution in [2.75, 3.05) is 5.32 Å². The van der Waals surface area contributed by atoms with Crippen LogP contribution in [0.4, 0.5) is 10.1 Å². The van der Waals surface area contributed by atoms with Gasteiger partial charge in [0.15, 0.2) is 0 Å². The van der Waals surface area contributed by atoms with E-state index in [-0.39, 0.29) is 0 Å². The molecule has 2 aromatic rings. The van der Waals surface area contributed by atoms with Crippen molar-refractivity contribution >= 4 is 5.69 Å². The molecule has 2 rings (SSSR count). The Morgan fingerprint density at radius 3 is 3.00 bits per heavy atom. The first kappa shape index (κ1) is 10.2. The van der Waals surface area contributed by atoms with Gasteiger partial charge in [0.25, 0.3) is 0 Å². The molecule has 0 amide bonds. The predicted molar refractivity (Wildman–Crippen MR) is 57.0 cm³/mol. The highest BCUT2D eigenvalue weighted by atomic mass is 19.1. The van der Waals surface area contributed by atoms with Crippen LogP contribution in [0.3, 0.4) is 0 Å². The summed E-state index contributed by atoms with van der Waals surface area (Å²) in [5.41, 5.74) is 1.54. The molecule has 1 heterocycles. The van der Waals surface area contributed by atoms with Crippen molar-refractivity contribution in [3.8, 4) is 6.07 Å². The Morgan fingerprint density at radius 2 is 2.38 bits per heavy atom. The molecular weight excluding hydrogens is 207 g/mol. The fourth-order valence-corrected chi connectivity index (χ4v) is 1.30. The third kappa shape index (κ3) is 2.17. The predicted octanol–water partition coefficient (Wildman–Crippen LogP) is 2.03. The average Bonchev–Trinajstić information content (AvgIpc) is 2.80. The van der Waals surface area contributed by atoms with E-state index in [9.17, 15) is 4.39 Å². The number of halogens is 1. The van der Waals surface area contributed by atoms with Gasteiger partial charge in [-0.05, 0) is 18.2 Å². The molecular formula is C11H9FN4. The molecule has 1 aromatic carbocycles. The van der Waals surface area contributed by atoms with E-state index in [4.69, 9.17) is 5.26 Å². The lowest BCUT2D eigenvalue weighted by molar-refractivity contribution is 0.629. The zero-order valence-electron chi connectivity index (χ0n) is 8.37. The monoisotopic (exact) mass is 216 g/mol. The number of hydrogen-bond acceptors (Lipinski definition) is 3. The Labute approximate surface area is 91.8 Å². The van der Waals surface area contributed by atoms with Gasteiger partial charge in [-0.25, -0.2) is 9.37 Å².